The standard InChI is InChI=1S/C71H130N30O18/c1-41(2)30-51(96-59(108)39-89-63(112)46(18-6-11-25-74)94-57(106)37-86-55(104)35-87-61(110)44(16-4-9-23-72)93-53(102)32-77)64(113)90-38-58(107)95-45(17-5-10-24-73)62(111)88-34-54(103)85-36-56(105)92-42(3)60(109)97-47(19-7-12-26-75)65(114)98-49(22-15-29-84-71(80)81)67(116)101-52(31-43-33-82-40-91-43)68(117)99-48(21-14-28-83-70(78)79)66(115)100-50(69(118)119)20-8-13-27-76/h33,40-42,44-52H,4-32,34-39,72-77H2,1-3H3,(H,82,91)(H,85,103)(H,86,104)(H,87,110)(H,88,111)(H,89,112)(H,90,113)(H,92,105)(H,93,102)(H,94,106)(H,95,107)(H,96,108)(H,97,109)(H,98,114)(H,99,117)(H,100,115)(H,101,116)(H,118,119)(H4,78,79,83)(H4,80,81,84)/t42-,44-,45-,46-,47-,48-,49-,50-,51-,52-/m0/s1. The molecule has 1 aromatic heterocycles. The van der Waals surface area contributed by atoms with Gasteiger partial charge in [-0.25, -0.2) is 9.78 Å². The van der Waals surface area contributed by atoms with Crippen LogP contribution in [0.2, 0.25) is 0 Å². The molecule has 0 saturated heterocycles. The molecule has 10 atom stereocenters. The predicted octanol–water partition coefficient (Wildman–Crippen LogP) is -11.6. The summed E-state index contributed by atoms with van der Waals surface area (Å²) in [5.74, 6) is -15.3. The number of amides is 16. The van der Waals surface area contributed by atoms with Crippen LogP contribution >= 0.6 is 0 Å². The van der Waals surface area contributed by atoms with Crippen molar-refractivity contribution in [3.63, 3.8) is 0 Å². The fourth-order valence-corrected chi connectivity index (χ4v) is 11.2. The summed E-state index contributed by atoms with van der Waals surface area (Å²) in [5, 5.41) is 49.5. The fourth-order valence-electron chi connectivity index (χ4n) is 11.2. The summed E-state index contributed by atoms with van der Waals surface area (Å²) in [4.78, 5) is 241. The average molecular weight is 1690 g/mol. The lowest BCUT2D eigenvalue weighted by molar-refractivity contribution is -0.142. The highest BCUT2D eigenvalue weighted by Gasteiger charge is 2.35. The number of aromatic nitrogens is 2. The van der Waals surface area contributed by atoms with E-state index < -0.39 is 200 Å². The molecule has 38 N–H and O–H groups in total. The molecule has 0 bridgehead atoms. The first-order chi connectivity index (χ1) is 56.6. The topological polar surface area (TPSA) is 816 Å². The van der Waals surface area contributed by atoms with E-state index in [1.54, 1.807) is 13.8 Å². The normalized spacial score (nSPS) is 13.4. The minimum Gasteiger partial charge on any atom is -0.480 e. The Balaban J connectivity index is 3.13. The van der Waals surface area contributed by atoms with Gasteiger partial charge in [0.05, 0.1) is 52.1 Å². The molecule has 672 valence electrons. The van der Waals surface area contributed by atoms with Crippen molar-refractivity contribution >= 4 is 112 Å². The van der Waals surface area contributed by atoms with E-state index in [0.29, 0.717) is 70.0 Å². The second kappa shape index (κ2) is 61.8. The summed E-state index contributed by atoms with van der Waals surface area (Å²) in [7, 11) is 0. The monoisotopic (exact) mass is 1690 g/mol. The van der Waals surface area contributed by atoms with Crippen molar-refractivity contribution in [2.24, 2.45) is 73.2 Å². The number of hydrogen-bond donors (Lipinski definition) is 28. The lowest BCUT2D eigenvalue weighted by Crippen LogP contribution is -2.60. The van der Waals surface area contributed by atoms with Gasteiger partial charge in [-0.15, -0.1) is 0 Å². The summed E-state index contributed by atoms with van der Waals surface area (Å²) in [6.07, 6.45) is 6.90. The molecule has 48 nitrogen and oxygen atoms in total. The minimum absolute atomic E-state index is 0.0185. The molecule has 0 fully saturated rings. The summed E-state index contributed by atoms with van der Waals surface area (Å²) in [6, 6.07) is -13.2. The van der Waals surface area contributed by atoms with Crippen LogP contribution in [0, 0.1) is 5.92 Å². The van der Waals surface area contributed by atoms with Crippen LogP contribution in [0.25, 0.3) is 0 Å². The van der Waals surface area contributed by atoms with Gasteiger partial charge >= 0.3 is 5.97 Å². The Morgan fingerprint density at radius 1 is 0.345 bits per heavy atom. The molecule has 0 aliphatic heterocycles. The van der Waals surface area contributed by atoms with Gasteiger partial charge in [0, 0.05) is 31.4 Å². The number of unbranched alkanes of at least 4 members (excludes halogenated alkanes) is 5. The molecule has 1 rings (SSSR count). The van der Waals surface area contributed by atoms with E-state index in [4.69, 9.17) is 57.3 Å². The molecule has 16 amide bonds. The Morgan fingerprint density at radius 2 is 0.639 bits per heavy atom. The van der Waals surface area contributed by atoms with Crippen LogP contribution < -0.4 is 142 Å². The smallest absolute Gasteiger partial charge is 0.326 e. The fraction of sp³-hybridized carbons (Fsp3) is 0.690. The van der Waals surface area contributed by atoms with E-state index >= 15 is 0 Å². The zero-order chi connectivity index (χ0) is 89.2. The second-order valence-corrected chi connectivity index (χ2v) is 28.3. The molecule has 1 aromatic rings. The Kier molecular flexibility index (Phi) is 54.8. The first-order valence-electron chi connectivity index (χ1n) is 39.8. The lowest BCUT2D eigenvalue weighted by atomic mass is 10.0. The maximum absolute atomic E-state index is 14.5. The highest BCUT2D eigenvalue weighted by molar-refractivity contribution is 5.99. The number of aliphatic carboxylic acids is 1. The number of nitrogens with one attached hydrogen (secondary N) is 17. The van der Waals surface area contributed by atoms with Crippen molar-refractivity contribution in [2.45, 2.75) is 216 Å². The van der Waals surface area contributed by atoms with Crippen LogP contribution in [0.5, 0.6) is 0 Å². The summed E-state index contributed by atoms with van der Waals surface area (Å²) in [5.41, 5.74) is 56.0. The lowest BCUT2D eigenvalue weighted by Gasteiger charge is -2.27. The molecule has 0 spiro atoms. The Hall–Kier alpha value is -11.5. The van der Waals surface area contributed by atoms with Crippen LogP contribution in [-0.2, 0) is 87.9 Å². The first-order valence-corrected chi connectivity index (χ1v) is 39.8. The quantitative estimate of drug-likeness (QED) is 0.0164. The zero-order valence-corrected chi connectivity index (χ0v) is 68.3. The number of aliphatic imine (C=N–C) groups is 2. The maximum Gasteiger partial charge on any atom is 0.326 e. The maximum atomic E-state index is 14.5. The van der Waals surface area contributed by atoms with Crippen molar-refractivity contribution in [1.82, 2.24) is 95.0 Å². The van der Waals surface area contributed by atoms with E-state index in [-0.39, 0.29) is 141 Å². The second-order valence-electron chi connectivity index (χ2n) is 28.3. The van der Waals surface area contributed by atoms with Gasteiger partial charge in [0.2, 0.25) is 94.5 Å². The molecule has 0 radical (unpaired) electrons. The van der Waals surface area contributed by atoms with Gasteiger partial charge in [-0.3, -0.25) is 86.7 Å². The third-order valence-electron chi connectivity index (χ3n) is 17.6. The number of carbonyl (C=O) groups is 17. The number of rotatable bonds is 65. The number of imidazole rings is 1. The SMILES string of the molecule is CC(C)C[C@H](NC(=O)CNC(=O)[C@H](CCCCN)NC(=O)CNC(=O)CNC(=O)[C@H](CCCCN)NC(=O)CN)C(=O)NCC(=O)N[C@@H](CCCCN)C(=O)NCC(=O)NCC(=O)N[C@@H](C)C(=O)N[C@@H](CCCCN)C(=O)N[C@@H](CCCN=C(N)N)C(=O)N[C@@H](Cc1cnc[nH]1)C(=O)N[C@@H](CCCN=C(N)N)C(=O)N[C@@H](CCCCN)C(=O)O. The Morgan fingerprint density at radius 3 is 0.983 bits per heavy atom. The van der Waals surface area contributed by atoms with Crippen molar-refractivity contribution in [3.05, 3.63) is 18.2 Å². The van der Waals surface area contributed by atoms with Gasteiger partial charge < -0.3 is 152 Å². The third-order valence-corrected chi connectivity index (χ3v) is 17.6. The van der Waals surface area contributed by atoms with E-state index in [9.17, 15) is 86.6 Å². The van der Waals surface area contributed by atoms with Gasteiger partial charge in [0.1, 0.15) is 60.4 Å². The number of nitrogens with two attached hydrogens (primary N) is 10. The van der Waals surface area contributed by atoms with Crippen molar-refractivity contribution in [1.29, 1.82) is 0 Å². The molecule has 0 aromatic carbocycles. The number of guanidine groups is 2. The third kappa shape index (κ3) is 48.7. The van der Waals surface area contributed by atoms with Crippen LogP contribution in [-0.4, -0.2) is 280 Å². The van der Waals surface area contributed by atoms with Crippen molar-refractivity contribution < 1.29 is 86.6 Å². The van der Waals surface area contributed by atoms with Crippen LogP contribution in [0.3, 0.4) is 0 Å². The van der Waals surface area contributed by atoms with Crippen LogP contribution in [0.4, 0.5) is 0 Å². The van der Waals surface area contributed by atoms with Crippen LogP contribution in [0.15, 0.2) is 22.5 Å². The molecule has 0 saturated carbocycles. The van der Waals surface area contributed by atoms with Crippen molar-refractivity contribution in [3.8, 4) is 0 Å². The number of carboxylic acids is 1. The highest BCUT2D eigenvalue weighted by atomic mass is 16.4. The van der Waals surface area contributed by atoms with Crippen molar-refractivity contribution in [2.75, 3.05) is 91.6 Å². The first kappa shape index (κ1) is 106. The summed E-state index contributed by atoms with van der Waals surface area (Å²) < 4.78 is 0. The zero-order valence-electron chi connectivity index (χ0n) is 68.3. The van der Waals surface area contributed by atoms with E-state index in [2.05, 4.69) is 105 Å². The Bertz CT molecular complexity index is 3440. The molecular weight excluding hydrogens is 1560 g/mol. The van der Waals surface area contributed by atoms with E-state index in [1.807, 2.05) is 0 Å². The summed E-state index contributed by atoms with van der Waals surface area (Å²) >= 11 is 0. The molecule has 0 aliphatic rings. The molecule has 1 heterocycles. The van der Waals surface area contributed by atoms with Gasteiger partial charge in [-0.2, -0.15) is 0 Å². The number of carbonyl (C=O) groups excluding carboxylic acids is 16. The average Bonchev–Trinajstić information content (AvgIpc) is 1.66. The van der Waals surface area contributed by atoms with Gasteiger partial charge in [0.25, 0.3) is 0 Å². The van der Waals surface area contributed by atoms with Gasteiger partial charge in [0.15, 0.2) is 11.9 Å². The van der Waals surface area contributed by atoms with E-state index in [0.717, 1.165) is 0 Å². The number of hydrogen-bond acceptors (Lipinski definition) is 26. The molecular formula is C71H130N30O18. The molecule has 48 heteroatoms. The number of aromatic amines is 1. The highest BCUT2D eigenvalue weighted by Crippen LogP contribution is 2.12. The number of carboxylic acid groups (broad SMARTS) is 1. The molecule has 0 aliphatic carbocycles. The van der Waals surface area contributed by atoms with E-state index in [1.165, 1.54) is 19.4 Å². The van der Waals surface area contributed by atoms with Gasteiger partial charge in [-0.05, 0) is 174 Å². The largest absolute Gasteiger partial charge is 0.480 e. The molecule has 0 unspecified atom stereocenters. The minimum atomic E-state index is -1.50. The van der Waals surface area contributed by atoms with Crippen LogP contribution in [0.1, 0.15) is 155 Å². The van der Waals surface area contributed by atoms with Gasteiger partial charge in [-0.1, -0.05) is 13.8 Å². The molecule has 119 heavy (non-hydrogen) atoms. The number of nitrogens with zero attached hydrogens (tertiary/aromatic N) is 3. The predicted molar refractivity (Wildman–Crippen MR) is 436 cm³/mol. The Labute approximate surface area is 690 Å². The summed E-state index contributed by atoms with van der Waals surface area (Å²) in [6.45, 7) is 1.73. The number of H-pyrrole nitrogens is 1.